The summed E-state index contributed by atoms with van der Waals surface area (Å²) in [7, 11) is 0. The van der Waals surface area contributed by atoms with E-state index < -0.39 is 17.5 Å². The SMILES string of the molecule is CC(C)(C)OC(=O)N1CCCC(Cc2cc(Cl)nc(C(F)(F)F)c2)C1. The van der Waals surface area contributed by atoms with Crippen molar-refractivity contribution < 1.29 is 22.7 Å². The summed E-state index contributed by atoms with van der Waals surface area (Å²) in [6.45, 7) is 6.43. The fraction of sp³-hybridized carbons (Fsp3) is 0.647. The van der Waals surface area contributed by atoms with Gasteiger partial charge in [-0.1, -0.05) is 11.6 Å². The average molecular weight is 379 g/mol. The van der Waals surface area contributed by atoms with Crippen molar-refractivity contribution in [1.29, 1.82) is 0 Å². The summed E-state index contributed by atoms with van der Waals surface area (Å²) in [5.41, 5.74) is -1.09. The maximum absolute atomic E-state index is 12.9. The molecular weight excluding hydrogens is 357 g/mol. The molecule has 0 aromatic carbocycles. The molecule has 2 heterocycles. The molecule has 140 valence electrons. The van der Waals surface area contributed by atoms with Gasteiger partial charge in [-0.2, -0.15) is 13.2 Å². The van der Waals surface area contributed by atoms with Crippen molar-refractivity contribution in [1.82, 2.24) is 9.88 Å². The van der Waals surface area contributed by atoms with Crippen molar-refractivity contribution in [2.75, 3.05) is 13.1 Å². The van der Waals surface area contributed by atoms with E-state index >= 15 is 0 Å². The molecule has 1 atom stereocenters. The van der Waals surface area contributed by atoms with Gasteiger partial charge < -0.3 is 9.64 Å². The number of alkyl halides is 3. The first-order valence-corrected chi connectivity index (χ1v) is 8.53. The molecule has 0 radical (unpaired) electrons. The first kappa shape index (κ1) is 19.8. The third-order valence-corrected chi connectivity index (χ3v) is 4.03. The third-order valence-electron chi connectivity index (χ3n) is 3.84. The van der Waals surface area contributed by atoms with Gasteiger partial charge in [-0.05, 0) is 63.6 Å². The number of nitrogens with zero attached hydrogens (tertiary/aromatic N) is 2. The highest BCUT2D eigenvalue weighted by molar-refractivity contribution is 6.29. The molecule has 0 bridgehead atoms. The van der Waals surface area contributed by atoms with Crippen molar-refractivity contribution in [2.24, 2.45) is 5.92 Å². The van der Waals surface area contributed by atoms with Gasteiger partial charge in [-0.15, -0.1) is 0 Å². The fourth-order valence-corrected chi connectivity index (χ4v) is 3.10. The Kier molecular flexibility index (Phi) is 5.86. The van der Waals surface area contributed by atoms with E-state index in [2.05, 4.69) is 4.98 Å². The molecule has 1 saturated heterocycles. The van der Waals surface area contributed by atoms with Crippen LogP contribution >= 0.6 is 11.6 Å². The third kappa shape index (κ3) is 6.06. The minimum atomic E-state index is -4.53. The van der Waals surface area contributed by atoms with E-state index in [4.69, 9.17) is 16.3 Å². The van der Waals surface area contributed by atoms with Crippen LogP contribution in [-0.2, 0) is 17.3 Å². The average Bonchev–Trinajstić information content (AvgIpc) is 2.44. The molecule has 8 heteroatoms. The Labute approximate surface area is 150 Å². The van der Waals surface area contributed by atoms with Crippen molar-refractivity contribution in [3.05, 3.63) is 28.5 Å². The van der Waals surface area contributed by atoms with Crippen LogP contribution in [0.25, 0.3) is 0 Å². The van der Waals surface area contributed by atoms with Gasteiger partial charge in [-0.25, -0.2) is 9.78 Å². The molecule has 25 heavy (non-hydrogen) atoms. The van der Waals surface area contributed by atoms with Crippen LogP contribution < -0.4 is 0 Å². The van der Waals surface area contributed by atoms with Gasteiger partial charge in [0, 0.05) is 13.1 Å². The van der Waals surface area contributed by atoms with Gasteiger partial charge in [0.2, 0.25) is 0 Å². The van der Waals surface area contributed by atoms with E-state index in [0.717, 1.165) is 18.9 Å². The number of carbonyl (C=O) groups is 1. The highest BCUT2D eigenvalue weighted by Crippen LogP contribution is 2.31. The molecule has 1 aromatic heterocycles. The first-order chi connectivity index (χ1) is 11.4. The number of rotatable bonds is 2. The zero-order chi connectivity index (χ0) is 18.8. The molecule has 0 aliphatic carbocycles. The van der Waals surface area contributed by atoms with Gasteiger partial charge in [0.1, 0.15) is 16.4 Å². The number of piperidine rings is 1. The summed E-state index contributed by atoms with van der Waals surface area (Å²) in [6, 6.07) is 2.47. The maximum atomic E-state index is 12.9. The Morgan fingerprint density at radius 2 is 2.04 bits per heavy atom. The number of likely N-dealkylation sites (tertiary alicyclic amines) is 1. The number of amides is 1. The summed E-state index contributed by atoms with van der Waals surface area (Å²) in [5, 5.41) is -0.176. The molecule has 0 saturated carbocycles. The molecule has 1 aliphatic rings. The molecule has 1 amide bonds. The van der Waals surface area contributed by atoms with E-state index in [9.17, 15) is 18.0 Å². The van der Waals surface area contributed by atoms with Gasteiger partial charge >= 0.3 is 12.3 Å². The van der Waals surface area contributed by atoms with Crippen molar-refractivity contribution in [3.63, 3.8) is 0 Å². The molecule has 1 fully saturated rings. The normalized spacial score (nSPS) is 19.0. The number of hydrogen-bond donors (Lipinski definition) is 0. The lowest BCUT2D eigenvalue weighted by atomic mass is 9.91. The van der Waals surface area contributed by atoms with Gasteiger partial charge in [0.15, 0.2) is 0 Å². The lowest BCUT2D eigenvalue weighted by molar-refractivity contribution is -0.141. The van der Waals surface area contributed by atoms with E-state index in [-0.39, 0.29) is 17.2 Å². The Bertz CT molecular complexity index is 629. The number of carbonyl (C=O) groups excluding carboxylic acids is 1. The molecular formula is C17H22ClF3N2O2. The molecule has 1 aromatic rings. The van der Waals surface area contributed by atoms with Crippen LogP contribution in [0.1, 0.15) is 44.9 Å². The number of ether oxygens (including phenoxy) is 1. The summed E-state index contributed by atoms with van der Waals surface area (Å²) in [4.78, 5) is 17.1. The van der Waals surface area contributed by atoms with Gasteiger partial charge in [0.05, 0.1) is 0 Å². The van der Waals surface area contributed by atoms with E-state index in [1.54, 1.807) is 25.7 Å². The highest BCUT2D eigenvalue weighted by atomic mass is 35.5. The van der Waals surface area contributed by atoms with E-state index in [1.165, 1.54) is 6.07 Å². The van der Waals surface area contributed by atoms with Gasteiger partial charge in [0.25, 0.3) is 0 Å². The van der Waals surface area contributed by atoms with Gasteiger partial charge in [-0.3, -0.25) is 0 Å². The fourth-order valence-electron chi connectivity index (χ4n) is 2.87. The molecule has 2 rings (SSSR count). The van der Waals surface area contributed by atoms with Crippen LogP contribution in [0.2, 0.25) is 5.15 Å². The highest BCUT2D eigenvalue weighted by Gasteiger charge is 2.34. The quantitative estimate of drug-likeness (QED) is 0.684. The number of aromatic nitrogens is 1. The van der Waals surface area contributed by atoms with E-state index in [1.807, 2.05) is 0 Å². The Hall–Kier alpha value is -1.50. The largest absolute Gasteiger partial charge is 0.444 e. The standard InChI is InChI=1S/C17H22ClF3N2O2/c1-16(2,3)25-15(24)23-6-4-5-11(10-23)7-12-8-13(17(19,20)21)22-14(18)9-12/h8-9,11H,4-7,10H2,1-3H3. The second-order valence-corrected chi connectivity index (χ2v) is 7.71. The van der Waals surface area contributed by atoms with Crippen LogP contribution in [0.4, 0.5) is 18.0 Å². The predicted octanol–water partition coefficient (Wildman–Crippen LogP) is 4.94. The zero-order valence-corrected chi connectivity index (χ0v) is 15.2. The predicted molar refractivity (Wildman–Crippen MR) is 88.5 cm³/mol. The molecule has 0 N–H and O–H groups in total. The Morgan fingerprint density at radius 1 is 1.36 bits per heavy atom. The monoisotopic (exact) mass is 378 g/mol. The second-order valence-electron chi connectivity index (χ2n) is 7.32. The lowest BCUT2D eigenvalue weighted by Crippen LogP contribution is -2.43. The van der Waals surface area contributed by atoms with Crippen LogP contribution in [-0.4, -0.2) is 34.7 Å². The summed E-state index contributed by atoms with van der Waals surface area (Å²) < 4.78 is 43.9. The zero-order valence-electron chi connectivity index (χ0n) is 14.5. The van der Waals surface area contributed by atoms with Crippen LogP contribution in [0.15, 0.2) is 12.1 Å². The maximum Gasteiger partial charge on any atom is 0.433 e. The minimum absolute atomic E-state index is 0.0563. The number of hydrogen-bond acceptors (Lipinski definition) is 3. The Balaban J connectivity index is 2.05. The summed E-state index contributed by atoms with van der Waals surface area (Å²) >= 11 is 5.73. The van der Waals surface area contributed by atoms with Crippen molar-refractivity contribution >= 4 is 17.7 Å². The number of halogens is 4. The Morgan fingerprint density at radius 3 is 2.64 bits per heavy atom. The first-order valence-electron chi connectivity index (χ1n) is 8.15. The van der Waals surface area contributed by atoms with Crippen LogP contribution in [0.5, 0.6) is 0 Å². The molecule has 1 aliphatic heterocycles. The van der Waals surface area contributed by atoms with Crippen molar-refractivity contribution in [3.8, 4) is 0 Å². The van der Waals surface area contributed by atoms with E-state index in [0.29, 0.717) is 25.1 Å². The van der Waals surface area contributed by atoms with Crippen molar-refractivity contribution in [2.45, 2.75) is 51.8 Å². The smallest absolute Gasteiger partial charge is 0.433 e. The second kappa shape index (κ2) is 7.40. The van der Waals surface area contributed by atoms with Crippen LogP contribution in [0, 0.1) is 5.92 Å². The topological polar surface area (TPSA) is 42.4 Å². The summed E-state index contributed by atoms with van der Waals surface area (Å²) in [5.74, 6) is 0.0563. The summed E-state index contributed by atoms with van der Waals surface area (Å²) in [6.07, 6.45) is -2.89. The lowest BCUT2D eigenvalue weighted by Gasteiger charge is -2.34. The molecule has 1 unspecified atom stereocenters. The molecule has 4 nitrogen and oxygen atoms in total. The molecule has 0 spiro atoms. The van der Waals surface area contributed by atoms with Crippen LogP contribution in [0.3, 0.4) is 0 Å². The number of pyridine rings is 1. The minimum Gasteiger partial charge on any atom is -0.444 e.